The van der Waals surface area contributed by atoms with E-state index in [1.807, 2.05) is 84.0 Å². The summed E-state index contributed by atoms with van der Waals surface area (Å²) in [6.45, 7) is 12.6. The van der Waals surface area contributed by atoms with Crippen LogP contribution >= 0.6 is 0 Å². The molecule has 0 saturated heterocycles. The van der Waals surface area contributed by atoms with Gasteiger partial charge >= 0.3 is 5.97 Å². The van der Waals surface area contributed by atoms with Gasteiger partial charge in [-0.15, -0.1) is 0 Å². The highest BCUT2D eigenvalue weighted by Gasteiger charge is 2.49. The van der Waals surface area contributed by atoms with E-state index in [1.165, 1.54) is 5.56 Å². The van der Waals surface area contributed by atoms with Crippen molar-refractivity contribution in [2.75, 3.05) is 13.2 Å². The van der Waals surface area contributed by atoms with Crippen molar-refractivity contribution < 1.29 is 29.0 Å². The molecule has 0 spiro atoms. The fourth-order valence-electron chi connectivity index (χ4n) is 6.64. The lowest BCUT2D eigenvalue weighted by molar-refractivity contribution is -0.138. The lowest BCUT2D eigenvalue weighted by Crippen LogP contribution is -2.45. The van der Waals surface area contributed by atoms with Crippen molar-refractivity contribution >= 4 is 17.5 Å². The zero-order valence-electron chi connectivity index (χ0n) is 25.5. The van der Waals surface area contributed by atoms with Gasteiger partial charge in [-0.1, -0.05) is 63.6 Å². The molecule has 7 nitrogen and oxygen atoms in total. The molecule has 0 aromatic heterocycles. The number of ether oxygens (including phenoxy) is 2. The largest absolute Gasteiger partial charge is 0.490 e. The van der Waals surface area contributed by atoms with Gasteiger partial charge in [0.1, 0.15) is 13.2 Å². The summed E-state index contributed by atoms with van der Waals surface area (Å²) in [5.74, 6) is -0.524. The van der Waals surface area contributed by atoms with Crippen molar-refractivity contribution in [2.45, 2.75) is 79.8 Å². The molecule has 5 rings (SSSR count). The molecule has 2 aromatic carbocycles. The zero-order chi connectivity index (χ0) is 30.4. The number of benzene rings is 2. The summed E-state index contributed by atoms with van der Waals surface area (Å²) in [4.78, 5) is 41.7. The van der Waals surface area contributed by atoms with Gasteiger partial charge in [0.05, 0.1) is 6.61 Å². The highest BCUT2D eigenvalue weighted by Crippen LogP contribution is 2.54. The molecule has 0 radical (unpaired) electrons. The van der Waals surface area contributed by atoms with Gasteiger partial charge in [0.25, 0.3) is 0 Å². The molecule has 0 saturated carbocycles. The molecule has 0 unspecified atom stereocenters. The first kappa shape index (κ1) is 29.6. The quantitative estimate of drug-likeness (QED) is 0.375. The Labute approximate surface area is 248 Å². The third kappa shape index (κ3) is 5.87. The van der Waals surface area contributed by atoms with Crippen LogP contribution in [0.5, 0.6) is 11.5 Å². The number of carboxylic acid groups (broad SMARTS) is 1. The molecular weight excluding hydrogens is 530 g/mol. The number of nitrogens with zero attached hydrogens (tertiary/aromatic N) is 1. The molecule has 0 amide bonds. The molecule has 0 fully saturated rings. The summed E-state index contributed by atoms with van der Waals surface area (Å²) in [7, 11) is 0. The van der Waals surface area contributed by atoms with E-state index in [0.717, 1.165) is 22.5 Å². The zero-order valence-corrected chi connectivity index (χ0v) is 25.5. The summed E-state index contributed by atoms with van der Waals surface area (Å²) in [6.07, 6.45) is 1.78. The Balaban J connectivity index is 1.64. The number of carboxylic acids is 1. The van der Waals surface area contributed by atoms with E-state index in [9.17, 15) is 19.5 Å². The standard InChI is InChI=1S/C35H41NO6/c1-7-41-29-14-23(12-13-28(29)42-20-22-10-8-21(2)9-11-22)31-32-24(15-34(3,4)17-26(32)37)36(19-30(39)40)25-16-35(5,6)18-27(38)33(25)31/h8-14,31H,7,15-20H2,1-6H3,(H,39,40). The van der Waals surface area contributed by atoms with E-state index in [1.54, 1.807) is 4.90 Å². The number of allylic oxidation sites excluding steroid dienone is 4. The molecule has 1 heterocycles. The molecule has 3 aliphatic rings. The van der Waals surface area contributed by atoms with Crippen molar-refractivity contribution in [3.05, 3.63) is 81.7 Å². The maximum Gasteiger partial charge on any atom is 0.323 e. The van der Waals surface area contributed by atoms with Gasteiger partial charge in [0.15, 0.2) is 23.1 Å². The minimum atomic E-state index is -0.993. The number of Topliss-reactive ketones (excluding diaryl/α,β-unsaturated/α-hetero) is 2. The first-order valence-corrected chi connectivity index (χ1v) is 14.8. The highest BCUT2D eigenvalue weighted by atomic mass is 16.5. The summed E-state index contributed by atoms with van der Waals surface area (Å²) in [5.41, 5.74) is 4.87. The minimum Gasteiger partial charge on any atom is -0.490 e. The smallest absolute Gasteiger partial charge is 0.323 e. The maximum atomic E-state index is 13.9. The van der Waals surface area contributed by atoms with E-state index < -0.39 is 11.9 Å². The third-order valence-corrected chi connectivity index (χ3v) is 8.43. The molecule has 0 bridgehead atoms. The number of aryl methyl sites for hydroxylation is 1. The average molecular weight is 572 g/mol. The second-order valence-electron chi connectivity index (χ2n) is 13.4. The molecule has 1 aliphatic heterocycles. The summed E-state index contributed by atoms with van der Waals surface area (Å²) in [5, 5.41) is 9.91. The third-order valence-electron chi connectivity index (χ3n) is 8.43. The van der Waals surface area contributed by atoms with Gasteiger partial charge in [-0.2, -0.15) is 0 Å². The number of rotatable bonds is 8. The second-order valence-corrected chi connectivity index (χ2v) is 13.4. The topological polar surface area (TPSA) is 93.1 Å². The molecule has 7 heteroatoms. The van der Waals surface area contributed by atoms with Crippen molar-refractivity contribution in [1.29, 1.82) is 0 Å². The highest BCUT2D eigenvalue weighted by molar-refractivity contribution is 6.07. The van der Waals surface area contributed by atoms with Crippen LogP contribution in [-0.4, -0.2) is 40.7 Å². The fraction of sp³-hybridized carbons (Fsp3) is 0.457. The summed E-state index contributed by atoms with van der Waals surface area (Å²) in [6, 6.07) is 13.8. The number of carbonyl (C=O) groups excluding carboxylic acids is 2. The van der Waals surface area contributed by atoms with Crippen LogP contribution in [0.3, 0.4) is 0 Å². The lowest BCUT2D eigenvalue weighted by Gasteiger charge is -2.48. The maximum absolute atomic E-state index is 13.9. The molecule has 2 aliphatic carbocycles. The lowest BCUT2D eigenvalue weighted by atomic mass is 9.63. The van der Waals surface area contributed by atoms with E-state index in [2.05, 4.69) is 0 Å². The predicted octanol–water partition coefficient (Wildman–Crippen LogP) is 6.74. The molecule has 222 valence electrons. The van der Waals surface area contributed by atoms with E-state index >= 15 is 0 Å². The molecule has 42 heavy (non-hydrogen) atoms. The predicted molar refractivity (Wildman–Crippen MR) is 160 cm³/mol. The van der Waals surface area contributed by atoms with Crippen LogP contribution in [0.15, 0.2) is 65.0 Å². The Morgan fingerprint density at radius 1 is 0.857 bits per heavy atom. The molecular formula is C35H41NO6. The van der Waals surface area contributed by atoms with Crippen LogP contribution < -0.4 is 9.47 Å². The number of ketones is 2. The van der Waals surface area contributed by atoms with Gasteiger partial charge in [0, 0.05) is 41.3 Å². The van der Waals surface area contributed by atoms with Crippen LogP contribution in [0.4, 0.5) is 0 Å². The Hall–Kier alpha value is -3.87. The van der Waals surface area contributed by atoms with Gasteiger partial charge in [-0.3, -0.25) is 14.4 Å². The Morgan fingerprint density at radius 3 is 1.95 bits per heavy atom. The molecule has 1 N–H and O–H groups in total. The van der Waals surface area contributed by atoms with Gasteiger partial charge in [-0.25, -0.2) is 0 Å². The Kier molecular flexibility index (Phi) is 7.82. The van der Waals surface area contributed by atoms with Crippen LogP contribution in [0.25, 0.3) is 0 Å². The van der Waals surface area contributed by atoms with Crippen LogP contribution in [0, 0.1) is 17.8 Å². The SMILES string of the molecule is CCOc1cc(C2C3=C(CC(C)(C)CC3=O)N(CC(=O)O)C3=C2C(=O)CC(C)(C)C3)ccc1OCc1ccc(C)cc1. The Morgan fingerprint density at radius 2 is 1.43 bits per heavy atom. The summed E-state index contributed by atoms with van der Waals surface area (Å²) < 4.78 is 12.2. The number of carbonyl (C=O) groups is 3. The van der Waals surface area contributed by atoms with E-state index in [-0.39, 0.29) is 28.9 Å². The number of aliphatic carboxylic acids is 1. The fourth-order valence-corrected chi connectivity index (χ4v) is 6.64. The van der Waals surface area contributed by atoms with Crippen molar-refractivity contribution in [1.82, 2.24) is 4.90 Å². The summed E-state index contributed by atoms with van der Waals surface area (Å²) >= 11 is 0. The van der Waals surface area contributed by atoms with E-state index in [4.69, 9.17) is 9.47 Å². The van der Waals surface area contributed by atoms with Gasteiger partial charge in [0.2, 0.25) is 0 Å². The van der Waals surface area contributed by atoms with Gasteiger partial charge < -0.3 is 19.5 Å². The molecule has 2 aromatic rings. The van der Waals surface area contributed by atoms with E-state index in [0.29, 0.717) is 61.5 Å². The Bertz CT molecular complexity index is 1440. The first-order valence-electron chi connectivity index (χ1n) is 14.8. The average Bonchev–Trinajstić information content (AvgIpc) is 2.88. The number of hydrogen-bond acceptors (Lipinski definition) is 6. The van der Waals surface area contributed by atoms with Crippen molar-refractivity contribution in [3.63, 3.8) is 0 Å². The minimum absolute atomic E-state index is 0.0384. The number of hydrogen-bond donors (Lipinski definition) is 1. The van der Waals surface area contributed by atoms with Crippen molar-refractivity contribution in [3.8, 4) is 11.5 Å². The monoisotopic (exact) mass is 571 g/mol. The van der Waals surface area contributed by atoms with Gasteiger partial charge in [-0.05, 0) is 60.8 Å². The van der Waals surface area contributed by atoms with Crippen LogP contribution in [0.2, 0.25) is 0 Å². The van der Waals surface area contributed by atoms with Crippen molar-refractivity contribution in [2.24, 2.45) is 10.8 Å². The normalized spacial score (nSPS) is 19.9. The molecule has 0 atom stereocenters. The second kappa shape index (κ2) is 11.1. The van der Waals surface area contributed by atoms with Crippen LogP contribution in [-0.2, 0) is 21.0 Å². The first-order chi connectivity index (χ1) is 19.8. The van der Waals surface area contributed by atoms with Crippen LogP contribution in [0.1, 0.15) is 82.9 Å².